The zero-order valence-corrected chi connectivity index (χ0v) is 7.03. The molecular weight excluding hydrogens is 164 g/mol. The number of nitrogens with one attached hydrogen (secondary N) is 1. The summed E-state index contributed by atoms with van der Waals surface area (Å²) in [5.74, 6) is 0. The minimum atomic E-state index is -1.06. The van der Waals surface area contributed by atoms with Crippen molar-refractivity contribution in [3.05, 3.63) is 41.6 Å². The molecule has 3 heteroatoms. The van der Waals surface area contributed by atoms with Crippen molar-refractivity contribution >= 4 is 12.4 Å². The fraction of sp³-hybridized carbons (Fsp3) is 0.100. The molecule has 0 saturated carbocycles. The molecule has 3 N–H and O–H groups in total. The molecule has 1 aromatic rings. The van der Waals surface area contributed by atoms with Gasteiger partial charge in [0.2, 0.25) is 0 Å². The van der Waals surface area contributed by atoms with Crippen LogP contribution in [0.25, 0.3) is 6.08 Å². The Balaban J connectivity index is 2.61. The van der Waals surface area contributed by atoms with E-state index in [0.29, 0.717) is 0 Å². The third-order valence-corrected chi connectivity index (χ3v) is 2.18. The van der Waals surface area contributed by atoms with Gasteiger partial charge in [-0.05, 0) is 17.8 Å². The fourth-order valence-electron chi connectivity index (χ4n) is 1.46. The van der Waals surface area contributed by atoms with Crippen molar-refractivity contribution in [3.63, 3.8) is 0 Å². The minimum Gasteiger partial charge on any atom is -0.364 e. The summed E-state index contributed by atoms with van der Waals surface area (Å²) in [6.07, 6.45) is 4.30. The van der Waals surface area contributed by atoms with Crippen LogP contribution in [-0.2, 0) is 10.5 Å². The van der Waals surface area contributed by atoms with Crippen LogP contribution in [0.2, 0.25) is 0 Å². The lowest BCUT2D eigenvalue weighted by atomic mass is 9.94. The van der Waals surface area contributed by atoms with Gasteiger partial charge in [0.15, 0.2) is 11.9 Å². The van der Waals surface area contributed by atoms with E-state index in [1.165, 1.54) is 0 Å². The number of benzene rings is 1. The van der Waals surface area contributed by atoms with Crippen molar-refractivity contribution in [1.29, 1.82) is 0 Å². The molecule has 0 radical (unpaired) electrons. The summed E-state index contributed by atoms with van der Waals surface area (Å²) in [5.41, 5.74) is 6.57. The molecule has 66 valence electrons. The third-order valence-electron chi connectivity index (χ3n) is 2.18. The monoisotopic (exact) mass is 174 g/mol. The van der Waals surface area contributed by atoms with Gasteiger partial charge in [-0.2, -0.15) is 0 Å². The average Bonchev–Trinajstić information content (AvgIpc) is 2.19. The molecule has 1 unspecified atom stereocenters. The van der Waals surface area contributed by atoms with Crippen LogP contribution < -0.4 is 11.1 Å². The first kappa shape index (κ1) is 8.01. The Kier molecular flexibility index (Phi) is 1.67. The Bertz CT molecular complexity index is 373. The number of hydrogen-bond acceptors (Lipinski definition) is 3. The predicted molar refractivity (Wildman–Crippen MR) is 50.5 cm³/mol. The average molecular weight is 174 g/mol. The summed E-state index contributed by atoms with van der Waals surface area (Å²) >= 11 is 0. The Morgan fingerprint density at radius 3 is 2.92 bits per heavy atom. The van der Waals surface area contributed by atoms with Gasteiger partial charge >= 0.3 is 0 Å². The number of rotatable bonds is 1. The molecule has 1 atom stereocenters. The molecule has 0 spiro atoms. The second-order valence-corrected chi connectivity index (χ2v) is 3.05. The molecule has 0 fully saturated rings. The first-order valence-electron chi connectivity index (χ1n) is 4.05. The maximum atomic E-state index is 10.8. The molecule has 0 bridgehead atoms. The van der Waals surface area contributed by atoms with Crippen LogP contribution >= 0.6 is 0 Å². The van der Waals surface area contributed by atoms with E-state index in [1.807, 2.05) is 30.3 Å². The molecule has 0 amide bonds. The Morgan fingerprint density at radius 1 is 1.38 bits per heavy atom. The lowest BCUT2D eigenvalue weighted by molar-refractivity contribution is -0.113. The second kappa shape index (κ2) is 2.71. The standard InChI is InChI=1S/C10H10N2O/c11-10(7-13)9-4-2-1-3-8(9)5-6-12-10/h1-7,12H,11H2. The molecule has 0 aromatic heterocycles. The molecule has 13 heavy (non-hydrogen) atoms. The lowest BCUT2D eigenvalue weighted by Gasteiger charge is -2.28. The van der Waals surface area contributed by atoms with Crippen molar-refractivity contribution in [2.45, 2.75) is 5.66 Å². The minimum absolute atomic E-state index is 0.718. The van der Waals surface area contributed by atoms with E-state index in [2.05, 4.69) is 5.32 Å². The number of carbonyl (C=O) groups excluding carboxylic acids is 1. The van der Waals surface area contributed by atoms with E-state index in [9.17, 15) is 4.79 Å². The van der Waals surface area contributed by atoms with Crippen molar-refractivity contribution in [2.24, 2.45) is 5.73 Å². The number of aldehydes is 1. The van der Waals surface area contributed by atoms with E-state index < -0.39 is 5.66 Å². The van der Waals surface area contributed by atoms with Gasteiger partial charge in [0.1, 0.15) is 0 Å². The fourth-order valence-corrected chi connectivity index (χ4v) is 1.46. The van der Waals surface area contributed by atoms with Crippen LogP contribution in [0.15, 0.2) is 30.5 Å². The first-order valence-corrected chi connectivity index (χ1v) is 4.05. The van der Waals surface area contributed by atoms with Crippen molar-refractivity contribution in [2.75, 3.05) is 0 Å². The smallest absolute Gasteiger partial charge is 0.170 e. The molecule has 0 saturated heterocycles. The van der Waals surface area contributed by atoms with Crippen molar-refractivity contribution in [1.82, 2.24) is 5.32 Å². The summed E-state index contributed by atoms with van der Waals surface area (Å²) < 4.78 is 0. The first-order chi connectivity index (χ1) is 6.26. The summed E-state index contributed by atoms with van der Waals surface area (Å²) in [5, 5.41) is 2.83. The van der Waals surface area contributed by atoms with Gasteiger partial charge in [-0.15, -0.1) is 0 Å². The maximum Gasteiger partial charge on any atom is 0.170 e. The summed E-state index contributed by atoms with van der Waals surface area (Å²) in [6.45, 7) is 0. The van der Waals surface area contributed by atoms with E-state index >= 15 is 0 Å². The zero-order chi connectivity index (χ0) is 9.31. The molecule has 1 aliphatic heterocycles. The zero-order valence-electron chi connectivity index (χ0n) is 7.03. The second-order valence-electron chi connectivity index (χ2n) is 3.05. The van der Waals surface area contributed by atoms with Crippen molar-refractivity contribution in [3.8, 4) is 0 Å². The number of carbonyl (C=O) groups is 1. The van der Waals surface area contributed by atoms with Crippen LogP contribution in [0.5, 0.6) is 0 Å². The summed E-state index contributed by atoms with van der Waals surface area (Å²) in [4.78, 5) is 10.8. The normalized spacial score (nSPS) is 24.7. The van der Waals surface area contributed by atoms with Crippen LogP contribution in [0.1, 0.15) is 11.1 Å². The number of fused-ring (bicyclic) bond motifs is 1. The topological polar surface area (TPSA) is 55.1 Å². The maximum absolute atomic E-state index is 10.8. The van der Waals surface area contributed by atoms with Gasteiger partial charge < -0.3 is 5.32 Å². The number of hydrogen-bond donors (Lipinski definition) is 2. The SMILES string of the molecule is NC1(C=O)NC=Cc2ccccc21. The molecule has 2 rings (SSSR count). The summed E-state index contributed by atoms with van der Waals surface area (Å²) in [7, 11) is 0. The van der Waals surface area contributed by atoms with E-state index in [1.54, 1.807) is 6.20 Å². The third kappa shape index (κ3) is 1.13. The van der Waals surface area contributed by atoms with Gasteiger partial charge in [0, 0.05) is 5.56 Å². The Hall–Kier alpha value is -1.61. The molecule has 0 aliphatic carbocycles. The van der Waals surface area contributed by atoms with Gasteiger partial charge in [-0.25, -0.2) is 0 Å². The highest BCUT2D eigenvalue weighted by atomic mass is 16.1. The Morgan fingerprint density at radius 2 is 2.15 bits per heavy atom. The van der Waals surface area contributed by atoms with Gasteiger partial charge in [0.25, 0.3) is 0 Å². The molecule has 1 heterocycles. The lowest BCUT2D eigenvalue weighted by Crippen LogP contribution is -2.51. The quantitative estimate of drug-likeness (QED) is 0.612. The molecule has 1 aliphatic rings. The molecule has 3 nitrogen and oxygen atoms in total. The highest BCUT2D eigenvalue weighted by Crippen LogP contribution is 2.22. The van der Waals surface area contributed by atoms with E-state index in [4.69, 9.17) is 5.73 Å². The van der Waals surface area contributed by atoms with E-state index in [0.717, 1.165) is 17.4 Å². The van der Waals surface area contributed by atoms with Gasteiger partial charge in [-0.1, -0.05) is 24.3 Å². The van der Waals surface area contributed by atoms with Crippen LogP contribution in [0.4, 0.5) is 0 Å². The van der Waals surface area contributed by atoms with Gasteiger partial charge in [-0.3, -0.25) is 10.5 Å². The highest BCUT2D eigenvalue weighted by molar-refractivity contribution is 5.73. The molecule has 1 aromatic carbocycles. The van der Waals surface area contributed by atoms with Crippen molar-refractivity contribution < 1.29 is 4.79 Å². The van der Waals surface area contributed by atoms with Crippen LogP contribution in [-0.4, -0.2) is 6.29 Å². The molecular formula is C10H10N2O. The predicted octanol–water partition coefficient (Wildman–Crippen LogP) is 0.571. The highest BCUT2D eigenvalue weighted by Gasteiger charge is 2.29. The van der Waals surface area contributed by atoms with Crippen LogP contribution in [0.3, 0.4) is 0 Å². The Labute approximate surface area is 76.2 Å². The van der Waals surface area contributed by atoms with Gasteiger partial charge in [0.05, 0.1) is 0 Å². The number of nitrogens with two attached hydrogens (primary N) is 1. The van der Waals surface area contributed by atoms with E-state index in [-0.39, 0.29) is 0 Å². The summed E-state index contributed by atoms with van der Waals surface area (Å²) in [6, 6.07) is 7.56. The largest absolute Gasteiger partial charge is 0.364 e. The van der Waals surface area contributed by atoms with Crippen LogP contribution in [0, 0.1) is 0 Å².